The lowest BCUT2D eigenvalue weighted by atomic mass is 10.3. The van der Waals surface area contributed by atoms with Crippen molar-refractivity contribution in [1.82, 2.24) is 9.78 Å². The number of nitro groups is 1. The molecule has 138 valence electrons. The van der Waals surface area contributed by atoms with Crippen LogP contribution >= 0.6 is 22.6 Å². The lowest BCUT2D eigenvalue weighted by molar-refractivity contribution is -0.384. The van der Waals surface area contributed by atoms with Gasteiger partial charge in [0, 0.05) is 21.8 Å². The number of ether oxygens (including phenoxy) is 1. The smallest absolute Gasteiger partial charge is 0.269 e. The topological polar surface area (TPSA) is 99.3 Å². The number of benzene rings is 2. The molecule has 0 aliphatic heterocycles. The number of rotatable bonds is 6. The summed E-state index contributed by atoms with van der Waals surface area (Å²) in [5, 5.41) is 17.9. The molecule has 0 aliphatic rings. The lowest BCUT2D eigenvalue weighted by Gasteiger charge is -2.10. The molecule has 0 spiro atoms. The summed E-state index contributed by atoms with van der Waals surface area (Å²) in [6, 6.07) is 15.0. The Balaban J connectivity index is 1.70. The maximum atomic E-state index is 12.2. The summed E-state index contributed by atoms with van der Waals surface area (Å²) >= 11 is 2.19. The van der Waals surface area contributed by atoms with E-state index in [2.05, 4.69) is 33.0 Å². The summed E-state index contributed by atoms with van der Waals surface area (Å²) in [7, 11) is 0. The number of anilines is 1. The predicted molar refractivity (Wildman–Crippen MR) is 108 cm³/mol. The first kappa shape index (κ1) is 18.8. The second-order valence-corrected chi connectivity index (χ2v) is 6.89. The molecule has 0 aliphatic carbocycles. The van der Waals surface area contributed by atoms with Crippen molar-refractivity contribution >= 4 is 40.0 Å². The second-order valence-electron chi connectivity index (χ2n) is 5.65. The van der Waals surface area contributed by atoms with E-state index in [1.54, 1.807) is 37.3 Å². The van der Waals surface area contributed by atoms with E-state index in [9.17, 15) is 14.9 Å². The summed E-state index contributed by atoms with van der Waals surface area (Å²) < 4.78 is 8.06. The van der Waals surface area contributed by atoms with Gasteiger partial charge in [0.2, 0.25) is 0 Å². The molecule has 8 nitrogen and oxygen atoms in total. The molecule has 27 heavy (non-hydrogen) atoms. The van der Waals surface area contributed by atoms with E-state index >= 15 is 0 Å². The van der Waals surface area contributed by atoms with Crippen LogP contribution < -0.4 is 10.1 Å². The average molecular weight is 478 g/mol. The molecule has 3 aromatic rings. The van der Waals surface area contributed by atoms with Crippen molar-refractivity contribution in [2.24, 2.45) is 0 Å². The average Bonchev–Trinajstić information content (AvgIpc) is 3.01. The van der Waals surface area contributed by atoms with Crippen LogP contribution in [0.5, 0.6) is 5.75 Å². The number of nitrogens with zero attached hydrogens (tertiary/aromatic N) is 3. The molecule has 0 saturated heterocycles. The quantitative estimate of drug-likeness (QED) is 0.331. The third kappa shape index (κ3) is 4.82. The van der Waals surface area contributed by atoms with Gasteiger partial charge in [0.05, 0.1) is 16.3 Å². The molecular weight excluding hydrogens is 463 g/mol. The summed E-state index contributed by atoms with van der Waals surface area (Å²) in [5.41, 5.74) is 1.28. The van der Waals surface area contributed by atoms with Crippen molar-refractivity contribution < 1.29 is 14.5 Å². The van der Waals surface area contributed by atoms with Gasteiger partial charge in [-0.25, -0.2) is 4.68 Å². The van der Waals surface area contributed by atoms with Gasteiger partial charge in [-0.05, 0) is 65.9 Å². The zero-order valence-electron chi connectivity index (χ0n) is 14.3. The minimum absolute atomic E-state index is 0.0147. The van der Waals surface area contributed by atoms with Crippen LogP contribution in [0.25, 0.3) is 5.69 Å². The van der Waals surface area contributed by atoms with E-state index in [0.29, 0.717) is 22.9 Å². The van der Waals surface area contributed by atoms with Crippen LogP contribution in [0.4, 0.5) is 11.5 Å². The minimum Gasteiger partial charge on any atom is -0.484 e. The maximum Gasteiger partial charge on any atom is 0.269 e. The lowest BCUT2D eigenvalue weighted by Crippen LogP contribution is -2.21. The summed E-state index contributed by atoms with van der Waals surface area (Å²) in [6.07, 6.45) is 0. The van der Waals surface area contributed by atoms with E-state index in [0.717, 1.165) is 3.57 Å². The van der Waals surface area contributed by atoms with Gasteiger partial charge < -0.3 is 10.1 Å². The molecule has 1 heterocycles. The number of nitrogens with one attached hydrogen (secondary N) is 1. The zero-order valence-corrected chi connectivity index (χ0v) is 16.4. The molecule has 0 bridgehead atoms. The van der Waals surface area contributed by atoms with Gasteiger partial charge in [-0.15, -0.1) is 0 Å². The van der Waals surface area contributed by atoms with E-state index < -0.39 is 4.92 Å². The molecule has 0 unspecified atom stereocenters. The Bertz CT molecular complexity index is 968. The molecule has 0 radical (unpaired) electrons. The van der Waals surface area contributed by atoms with E-state index in [4.69, 9.17) is 4.74 Å². The van der Waals surface area contributed by atoms with Gasteiger partial charge in [0.1, 0.15) is 11.6 Å². The molecule has 1 amide bonds. The number of halogens is 1. The number of carbonyl (C=O) groups is 1. The first-order valence-electron chi connectivity index (χ1n) is 7.92. The van der Waals surface area contributed by atoms with Gasteiger partial charge in [-0.1, -0.05) is 0 Å². The Morgan fingerprint density at radius 3 is 2.52 bits per heavy atom. The highest BCUT2D eigenvalue weighted by Crippen LogP contribution is 2.20. The molecule has 0 atom stereocenters. The van der Waals surface area contributed by atoms with Crippen LogP contribution in [0.3, 0.4) is 0 Å². The normalized spacial score (nSPS) is 10.4. The summed E-state index contributed by atoms with van der Waals surface area (Å²) in [6.45, 7) is 1.64. The highest BCUT2D eigenvalue weighted by molar-refractivity contribution is 14.1. The Hall–Kier alpha value is -2.95. The van der Waals surface area contributed by atoms with Crippen LogP contribution in [0.15, 0.2) is 54.6 Å². The van der Waals surface area contributed by atoms with Crippen LogP contribution in [-0.4, -0.2) is 27.2 Å². The molecular formula is C18H15IN4O4. The number of carbonyl (C=O) groups excluding carboxylic acids is 1. The first-order chi connectivity index (χ1) is 12.9. The van der Waals surface area contributed by atoms with Crippen molar-refractivity contribution in [1.29, 1.82) is 0 Å². The number of amides is 1. The SMILES string of the molecule is Cc1cc(NC(=O)COc2ccc(I)cc2)n(-c2ccc([N+](=O)[O-])cc2)n1. The summed E-state index contributed by atoms with van der Waals surface area (Å²) in [5.74, 6) is 0.722. The van der Waals surface area contributed by atoms with Crippen LogP contribution in [-0.2, 0) is 4.79 Å². The third-order valence-electron chi connectivity index (χ3n) is 3.59. The number of aryl methyl sites for hydroxylation is 1. The fraction of sp³-hybridized carbons (Fsp3) is 0.111. The zero-order chi connectivity index (χ0) is 19.4. The van der Waals surface area contributed by atoms with Gasteiger partial charge in [0.25, 0.3) is 11.6 Å². The van der Waals surface area contributed by atoms with E-state index in [1.807, 2.05) is 12.1 Å². The van der Waals surface area contributed by atoms with Gasteiger partial charge in [-0.2, -0.15) is 5.10 Å². The third-order valence-corrected chi connectivity index (χ3v) is 4.31. The van der Waals surface area contributed by atoms with Gasteiger partial charge in [-0.3, -0.25) is 14.9 Å². The predicted octanol–water partition coefficient (Wildman–Crippen LogP) is 3.71. The molecule has 3 rings (SSSR count). The molecule has 0 fully saturated rings. The van der Waals surface area contributed by atoms with Crippen molar-refractivity contribution in [2.45, 2.75) is 6.92 Å². The fourth-order valence-corrected chi connectivity index (χ4v) is 2.72. The summed E-state index contributed by atoms with van der Waals surface area (Å²) in [4.78, 5) is 22.5. The highest BCUT2D eigenvalue weighted by Gasteiger charge is 2.13. The monoisotopic (exact) mass is 478 g/mol. The highest BCUT2D eigenvalue weighted by atomic mass is 127. The molecule has 1 N–H and O–H groups in total. The Morgan fingerprint density at radius 1 is 1.22 bits per heavy atom. The van der Waals surface area contributed by atoms with E-state index in [1.165, 1.54) is 16.8 Å². The number of aromatic nitrogens is 2. The molecule has 1 aromatic heterocycles. The fourth-order valence-electron chi connectivity index (χ4n) is 2.36. The Morgan fingerprint density at radius 2 is 1.89 bits per heavy atom. The van der Waals surface area contributed by atoms with E-state index in [-0.39, 0.29) is 18.2 Å². The Kier molecular flexibility index (Phi) is 5.69. The van der Waals surface area contributed by atoms with Crippen molar-refractivity contribution in [3.8, 4) is 11.4 Å². The Labute approximate surface area is 168 Å². The molecule has 9 heteroatoms. The van der Waals surface area contributed by atoms with Crippen LogP contribution in [0.2, 0.25) is 0 Å². The minimum atomic E-state index is -0.469. The van der Waals surface area contributed by atoms with Crippen LogP contribution in [0.1, 0.15) is 5.69 Å². The number of nitro benzene ring substituents is 1. The largest absolute Gasteiger partial charge is 0.484 e. The molecule has 0 saturated carbocycles. The van der Waals surface area contributed by atoms with Crippen molar-refractivity contribution in [3.05, 3.63) is 74.0 Å². The van der Waals surface area contributed by atoms with Crippen LogP contribution in [0, 0.1) is 20.6 Å². The van der Waals surface area contributed by atoms with Crippen molar-refractivity contribution in [3.63, 3.8) is 0 Å². The second kappa shape index (κ2) is 8.16. The van der Waals surface area contributed by atoms with Gasteiger partial charge >= 0.3 is 0 Å². The maximum absolute atomic E-state index is 12.2. The van der Waals surface area contributed by atoms with Crippen molar-refractivity contribution in [2.75, 3.05) is 11.9 Å². The van der Waals surface area contributed by atoms with Gasteiger partial charge in [0.15, 0.2) is 6.61 Å². The number of non-ortho nitro benzene ring substituents is 1. The first-order valence-corrected chi connectivity index (χ1v) is 9.00. The standard InChI is InChI=1S/C18H15IN4O4/c1-12-10-17(20-18(24)11-27-16-8-2-13(19)3-9-16)22(21-12)14-4-6-15(7-5-14)23(25)26/h2-10H,11H2,1H3,(H,20,24). The number of hydrogen-bond donors (Lipinski definition) is 1. The number of hydrogen-bond acceptors (Lipinski definition) is 5. The molecule has 2 aromatic carbocycles.